The average molecular weight is 370 g/mol. The lowest BCUT2D eigenvalue weighted by molar-refractivity contribution is -0.291. The zero-order valence-corrected chi connectivity index (χ0v) is 10.2. The number of ether oxygens (including phenoxy) is 1. The van der Waals surface area contributed by atoms with E-state index in [2.05, 4.69) is 9.84 Å². The zero-order chi connectivity index (χ0) is 13.4. The summed E-state index contributed by atoms with van der Waals surface area (Å²) in [6, 6.07) is 0. The first-order valence-corrected chi connectivity index (χ1v) is 4.98. The van der Waals surface area contributed by atoms with Crippen LogP contribution in [-0.2, 0) is 17.8 Å². The molecule has 1 aromatic heterocycles. The van der Waals surface area contributed by atoms with Gasteiger partial charge in [0, 0.05) is 7.05 Å². The summed E-state index contributed by atoms with van der Waals surface area (Å²) in [5.74, 6) is -5.58. The Bertz CT molecular complexity index is 442. The van der Waals surface area contributed by atoms with Gasteiger partial charge in [0.1, 0.15) is 3.57 Å². The second-order valence-electron chi connectivity index (χ2n) is 2.88. The number of hydrogen-bond donors (Lipinski definition) is 0. The molecule has 96 valence electrons. The van der Waals surface area contributed by atoms with Gasteiger partial charge in [0.15, 0.2) is 5.69 Å². The van der Waals surface area contributed by atoms with Gasteiger partial charge in [0.2, 0.25) is 5.88 Å². The highest BCUT2D eigenvalue weighted by Crippen LogP contribution is 2.46. The second kappa shape index (κ2) is 4.38. The van der Waals surface area contributed by atoms with Gasteiger partial charge in [0.25, 0.3) is 6.47 Å². The third-order valence-electron chi connectivity index (χ3n) is 1.75. The summed E-state index contributed by atoms with van der Waals surface area (Å²) in [6.45, 7) is -0.0886. The van der Waals surface area contributed by atoms with Crippen LogP contribution in [0.1, 0.15) is 5.69 Å². The minimum atomic E-state index is -5.76. The highest BCUT2D eigenvalue weighted by atomic mass is 127. The lowest BCUT2D eigenvalue weighted by Gasteiger charge is -2.17. The van der Waals surface area contributed by atoms with E-state index in [4.69, 9.17) is 0 Å². The van der Waals surface area contributed by atoms with E-state index in [1.807, 2.05) is 0 Å². The average Bonchev–Trinajstić information content (AvgIpc) is 2.44. The molecule has 0 aliphatic heterocycles. The summed E-state index contributed by atoms with van der Waals surface area (Å²) in [6.07, 6.45) is -5.76. The van der Waals surface area contributed by atoms with Gasteiger partial charge in [-0.1, -0.05) is 0 Å². The quantitative estimate of drug-likeness (QED) is 0.466. The molecule has 0 saturated carbocycles. The number of aryl methyl sites for hydroxylation is 1. The van der Waals surface area contributed by atoms with Crippen molar-refractivity contribution in [1.29, 1.82) is 0 Å². The van der Waals surface area contributed by atoms with Crippen LogP contribution < -0.4 is 4.74 Å². The van der Waals surface area contributed by atoms with Crippen LogP contribution in [0, 0.1) is 3.57 Å². The maximum absolute atomic E-state index is 13.0. The molecule has 1 heterocycles. The Labute approximate surface area is 105 Å². The molecule has 0 radical (unpaired) electrons. The van der Waals surface area contributed by atoms with Crippen LogP contribution in [0.2, 0.25) is 0 Å². The Morgan fingerprint density at radius 1 is 1.35 bits per heavy atom. The summed E-state index contributed by atoms with van der Waals surface area (Å²) < 4.78 is 66.7. The molecule has 0 amide bonds. The van der Waals surface area contributed by atoms with Gasteiger partial charge in [0.05, 0.1) is 0 Å². The standard InChI is InChI=1S/C7H4F5IN2O2/c1-15-5(17-2-16)3(13)4(14-15)6(8,9)7(10,11)12/h2H,1H3. The van der Waals surface area contributed by atoms with Crippen LogP contribution in [0.15, 0.2) is 0 Å². The normalized spacial score (nSPS) is 12.6. The number of hydrogen-bond acceptors (Lipinski definition) is 3. The third kappa shape index (κ3) is 2.35. The fraction of sp³-hybridized carbons (Fsp3) is 0.429. The van der Waals surface area contributed by atoms with E-state index in [1.54, 1.807) is 0 Å². The Hall–Kier alpha value is -0.940. The highest BCUT2D eigenvalue weighted by Gasteiger charge is 2.61. The fourth-order valence-electron chi connectivity index (χ4n) is 0.991. The second-order valence-corrected chi connectivity index (χ2v) is 3.96. The minimum absolute atomic E-state index is 0.0886. The number of rotatable bonds is 3. The summed E-state index contributed by atoms with van der Waals surface area (Å²) >= 11 is 1.20. The van der Waals surface area contributed by atoms with E-state index in [0.717, 1.165) is 7.05 Å². The van der Waals surface area contributed by atoms with Crippen molar-refractivity contribution in [2.75, 3.05) is 0 Å². The largest absolute Gasteiger partial charge is 0.459 e. The number of nitrogens with zero attached hydrogens (tertiary/aromatic N) is 2. The van der Waals surface area contributed by atoms with Crippen LogP contribution in [0.4, 0.5) is 22.0 Å². The first-order valence-electron chi connectivity index (χ1n) is 3.90. The van der Waals surface area contributed by atoms with Crippen molar-refractivity contribution < 1.29 is 31.5 Å². The number of carbonyl (C=O) groups is 1. The maximum atomic E-state index is 13.0. The zero-order valence-electron chi connectivity index (χ0n) is 8.06. The molecule has 1 rings (SSSR count). The van der Waals surface area contributed by atoms with Crippen molar-refractivity contribution in [2.24, 2.45) is 7.05 Å². The molecule has 0 saturated heterocycles. The highest BCUT2D eigenvalue weighted by molar-refractivity contribution is 14.1. The first-order chi connectivity index (χ1) is 7.63. The van der Waals surface area contributed by atoms with Crippen LogP contribution in [-0.4, -0.2) is 22.4 Å². The summed E-state index contributed by atoms with van der Waals surface area (Å²) in [7, 11) is 1.08. The molecule has 0 atom stereocenters. The van der Waals surface area contributed by atoms with Gasteiger partial charge < -0.3 is 4.74 Å². The number of carbonyl (C=O) groups excluding carboxylic acids is 1. The molecule has 0 unspecified atom stereocenters. The van der Waals surface area contributed by atoms with Gasteiger partial charge in [-0.25, -0.2) is 4.68 Å². The van der Waals surface area contributed by atoms with Crippen molar-refractivity contribution in [3.05, 3.63) is 9.26 Å². The Morgan fingerprint density at radius 3 is 2.29 bits per heavy atom. The molecule has 17 heavy (non-hydrogen) atoms. The van der Waals surface area contributed by atoms with Crippen molar-refractivity contribution in [3.63, 3.8) is 0 Å². The number of halogens is 6. The Balaban J connectivity index is 3.34. The molecule has 0 aliphatic carbocycles. The minimum Gasteiger partial charge on any atom is -0.409 e. The first kappa shape index (κ1) is 14.1. The Morgan fingerprint density at radius 2 is 1.88 bits per heavy atom. The molecule has 0 N–H and O–H groups in total. The topological polar surface area (TPSA) is 44.1 Å². The molecular formula is C7H4F5IN2O2. The van der Waals surface area contributed by atoms with Crippen molar-refractivity contribution >= 4 is 29.1 Å². The van der Waals surface area contributed by atoms with E-state index >= 15 is 0 Å². The molecule has 4 nitrogen and oxygen atoms in total. The van der Waals surface area contributed by atoms with Crippen LogP contribution >= 0.6 is 22.6 Å². The van der Waals surface area contributed by atoms with Crippen LogP contribution in [0.25, 0.3) is 0 Å². The van der Waals surface area contributed by atoms with Gasteiger partial charge in [-0.15, -0.1) is 0 Å². The Kier molecular flexibility index (Phi) is 3.64. The molecular weight excluding hydrogens is 366 g/mol. The van der Waals surface area contributed by atoms with Crippen LogP contribution in [0.5, 0.6) is 5.88 Å². The SMILES string of the molecule is Cn1nc(C(F)(F)C(F)(F)F)c(I)c1OC=O. The van der Waals surface area contributed by atoms with Gasteiger partial charge in [-0.2, -0.15) is 27.1 Å². The van der Waals surface area contributed by atoms with Crippen molar-refractivity contribution in [2.45, 2.75) is 12.1 Å². The van der Waals surface area contributed by atoms with E-state index in [-0.39, 0.29) is 6.47 Å². The van der Waals surface area contributed by atoms with E-state index < -0.39 is 27.2 Å². The monoisotopic (exact) mass is 370 g/mol. The molecule has 0 aliphatic rings. The number of alkyl halides is 5. The predicted molar refractivity (Wildman–Crippen MR) is 52.6 cm³/mol. The lowest BCUT2D eigenvalue weighted by Crippen LogP contribution is -2.34. The molecule has 10 heteroatoms. The molecule has 1 aromatic rings. The van der Waals surface area contributed by atoms with E-state index in [0.29, 0.717) is 4.68 Å². The molecule has 0 spiro atoms. The summed E-state index contributed by atoms with van der Waals surface area (Å²) in [5.41, 5.74) is -1.50. The molecule has 0 aromatic carbocycles. The third-order valence-corrected chi connectivity index (χ3v) is 2.73. The van der Waals surface area contributed by atoms with E-state index in [9.17, 15) is 26.7 Å². The van der Waals surface area contributed by atoms with Gasteiger partial charge in [-0.05, 0) is 22.6 Å². The van der Waals surface area contributed by atoms with Crippen LogP contribution in [0.3, 0.4) is 0 Å². The summed E-state index contributed by atoms with van der Waals surface area (Å²) in [4.78, 5) is 10.1. The fourth-order valence-corrected chi connectivity index (χ4v) is 1.91. The molecule has 0 fully saturated rings. The predicted octanol–water partition coefficient (Wildman–Crippen LogP) is 2.21. The van der Waals surface area contributed by atoms with Gasteiger partial charge >= 0.3 is 12.1 Å². The molecule has 0 bridgehead atoms. The van der Waals surface area contributed by atoms with Crippen molar-refractivity contribution in [3.8, 4) is 5.88 Å². The van der Waals surface area contributed by atoms with Crippen molar-refractivity contribution in [1.82, 2.24) is 9.78 Å². The lowest BCUT2D eigenvalue weighted by atomic mass is 10.2. The maximum Gasteiger partial charge on any atom is 0.459 e. The smallest absolute Gasteiger partial charge is 0.409 e. The van der Waals surface area contributed by atoms with E-state index in [1.165, 1.54) is 22.6 Å². The number of aromatic nitrogens is 2. The summed E-state index contributed by atoms with van der Waals surface area (Å²) in [5, 5.41) is 3.02. The van der Waals surface area contributed by atoms with Gasteiger partial charge in [-0.3, -0.25) is 4.79 Å².